The molecule has 0 saturated carbocycles. The van der Waals surface area contributed by atoms with E-state index < -0.39 is 6.04 Å². The highest BCUT2D eigenvalue weighted by Gasteiger charge is 2.16. The number of amides is 1. The number of anilines is 1. The summed E-state index contributed by atoms with van der Waals surface area (Å²) in [5.74, 6) is -0.338. The van der Waals surface area contributed by atoms with Gasteiger partial charge < -0.3 is 11.1 Å². The molecule has 0 spiro atoms. The molecule has 0 saturated heterocycles. The minimum absolute atomic E-state index is 0.338. The highest BCUT2D eigenvalue weighted by molar-refractivity contribution is 6.35. The number of halogens is 2. The van der Waals surface area contributed by atoms with E-state index in [9.17, 15) is 4.79 Å². The zero-order valence-electron chi connectivity index (χ0n) is 9.94. The fourth-order valence-corrected chi connectivity index (χ4v) is 1.95. The van der Waals surface area contributed by atoms with Crippen molar-refractivity contribution in [3.05, 3.63) is 64.1 Å². The molecule has 3 nitrogen and oxygen atoms in total. The van der Waals surface area contributed by atoms with E-state index in [0.717, 1.165) is 5.56 Å². The number of rotatable bonds is 3. The first kappa shape index (κ1) is 13.9. The SMILES string of the molecule is NC(C(=O)Nc1cc(Cl)ccc1Cl)c1ccccc1. The molecule has 0 fully saturated rings. The van der Waals surface area contributed by atoms with Crippen LogP contribution < -0.4 is 11.1 Å². The summed E-state index contributed by atoms with van der Waals surface area (Å²) < 4.78 is 0. The summed E-state index contributed by atoms with van der Waals surface area (Å²) in [4.78, 5) is 12.0. The van der Waals surface area contributed by atoms with E-state index in [-0.39, 0.29) is 5.91 Å². The highest BCUT2D eigenvalue weighted by atomic mass is 35.5. The van der Waals surface area contributed by atoms with Crippen molar-refractivity contribution in [2.45, 2.75) is 6.04 Å². The first-order chi connectivity index (χ1) is 9.08. The molecule has 0 aliphatic heterocycles. The summed E-state index contributed by atoms with van der Waals surface area (Å²) in [7, 11) is 0. The van der Waals surface area contributed by atoms with Crippen LogP contribution in [0.2, 0.25) is 10.0 Å². The van der Waals surface area contributed by atoms with Crippen molar-refractivity contribution in [1.82, 2.24) is 0 Å². The largest absolute Gasteiger partial charge is 0.323 e. The molecule has 2 rings (SSSR count). The lowest BCUT2D eigenvalue weighted by atomic mass is 10.1. The second kappa shape index (κ2) is 6.06. The maximum absolute atomic E-state index is 12.0. The van der Waals surface area contributed by atoms with Gasteiger partial charge in [-0.2, -0.15) is 0 Å². The normalized spacial score (nSPS) is 11.9. The molecule has 19 heavy (non-hydrogen) atoms. The molecule has 0 radical (unpaired) electrons. The van der Waals surface area contributed by atoms with Crippen molar-refractivity contribution in [2.75, 3.05) is 5.32 Å². The molecule has 98 valence electrons. The van der Waals surface area contributed by atoms with Crippen LogP contribution in [-0.2, 0) is 4.79 Å². The van der Waals surface area contributed by atoms with Crippen molar-refractivity contribution in [1.29, 1.82) is 0 Å². The van der Waals surface area contributed by atoms with E-state index in [2.05, 4.69) is 5.32 Å². The van der Waals surface area contributed by atoms with Crippen molar-refractivity contribution in [3.63, 3.8) is 0 Å². The molecule has 1 amide bonds. The van der Waals surface area contributed by atoms with Crippen molar-refractivity contribution < 1.29 is 4.79 Å². The third-order valence-corrected chi connectivity index (χ3v) is 3.19. The number of hydrogen-bond acceptors (Lipinski definition) is 2. The van der Waals surface area contributed by atoms with Gasteiger partial charge in [0.2, 0.25) is 5.91 Å². The molecule has 0 aromatic heterocycles. The minimum Gasteiger partial charge on any atom is -0.323 e. The Kier molecular flexibility index (Phi) is 4.43. The van der Waals surface area contributed by atoms with Gasteiger partial charge in [0.15, 0.2) is 0 Å². The van der Waals surface area contributed by atoms with Crippen molar-refractivity contribution in [3.8, 4) is 0 Å². The molecule has 2 aromatic carbocycles. The zero-order valence-corrected chi connectivity index (χ0v) is 11.4. The number of carbonyl (C=O) groups is 1. The second-order valence-corrected chi connectivity index (χ2v) is 4.85. The van der Waals surface area contributed by atoms with E-state index in [4.69, 9.17) is 28.9 Å². The lowest BCUT2D eigenvalue weighted by Gasteiger charge is -2.13. The third-order valence-electron chi connectivity index (χ3n) is 2.63. The molecule has 0 aliphatic rings. The second-order valence-electron chi connectivity index (χ2n) is 4.00. The van der Waals surface area contributed by atoms with Gasteiger partial charge in [-0.3, -0.25) is 4.79 Å². The van der Waals surface area contributed by atoms with Gasteiger partial charge in [0.25, 0.3) is 0 Å². The van der Waals surface area contributed by atoms with Gasteiger partial charge >= 0.3 is 0 Å². The van der Waals surface area contributed by atoms with Crippen LogP contribution >= 0.6 is 23.2 Å². The number of benzene rings is 2. The Morgan fingerprint density at radius 2 is 1.79 bits per heavy atom. The van der Waals surface area contributed by atoms with E-state index in [1.165, 1.54) is 0 Å². The molecular weight excluding hydrogens is 283 g/mol. The molecule has 3 N–H and O–H groups in total. The third kappa shape index (κ3) is 3.47. The highest BCUT2D eigenvalue weighted by Crippen LogP contribution is 2.26. The summed E-state index contributed by atoms with van der Waals surface area (Å²) in [5, 5.41) is 3.58. The topological polar surface area (TPSA) is 55.1 Å². The summed E-state index contributed by atoms with van der Waals surface area (Å²) in [5.41, 5.74) is 7.07. The quantitative estimate of drug-likeness (QED) is 0.908. The predicted molar refractivity (Wildman–Crippen MR) is 78.5 cm³/mol. The van der Waals surface area contributed by atoms with E-state index in [0.29, 0.717) is 15.7 Å². The Morgan fingerprint density at radius 3 is 2.47 bits per heavy atom. The molecule has 0 bridgehead atoms. The van der Waals surface area contributed by atoms with Crippen LogP contribution in [-0.4, -0.2) is 5.91 Å². The van der Waals surface area contributed by atoms with Crippen LogP contribution in [0.3, 0.4) is 0 Å². The lowest BCUT2D eigenvalue weighted by molar-refractivity contribution is -0.117. The monoisotopic (exact) mass is 294 g/mol. The summed E-state index contributed by atoms with van der Waals surface area (Å²) >= 11 is 11.8. The smallest absolute Gasteiger partial charge is 0.245 e. The molecule has 5 heteroatoms. The van der Waals surface area contributed by atoms with E-state index >= 15 is 0 Å². The van der Waals surface area contributed by atoms with Gasteiger partial charge in [0.05, 0.1) is 10.7 Å². The van der Waals surface area contributed by atoms with Crippen LogP contribution in [0.25, 0.3) is 0 Å². The van der Waals surface area contributed by atoms with Gasteiger partial charge in [-0.25, -0.2) is 0 Å². The Balaban J connectivity index is 2.15. The van der Waals surface area contributed by atoms with Crippen LogP contribution in [0.4, 0.5) is 5.69 Å². The molecule has 2 aromatic rings. The fourth-order valence-electron chi connectivity index (χ4n) is 1.62. The Hall–Kier alpha value is -1.55. The van der Waals surface area contributed by atoms with Gasteiger partial charge in [-0.05, 0) is 23.8 Å². The fraction of sp³-hybridized carbons (Fsp3) is 0.0714. The molecule has 1 unspecified atom stereocenters. The van der Waals surface area contributed by atoms with Gasteiger partial charge in [0, 0.05) is 5.02 Å². The van der Waals surface area contributed by atoms with Crippen LogP contribution in [0.5, 0.6) is 0 Å². The van der Waals surface area contributed by atoms with Gasteiger partial charge in [-0.1, -0.05) is 53.5 Å². The van der Waals surface area contributed by atoms with Crippen LogP contribution in [0, 0.1) is 0 Å². The number of hydrogen-bond donors (Lipinski definition) is 2. The van der Waals surface area contributed by atoms with E-state index in [1.54, 1.807) is 30.3 Å². The minimum atomic E-state index is -0.753. The predicted octanol–water partition coefficient (Wildman–Crippen LogP) is 3.63. The lowest BCUT2D eigenvalue weighted by Crippen LogP contribution is -2.27. The summed E-state index contributed by atoms with van der Waals surface area (Å²) in [6.45, 7) is 0. The van der Waals surface area contributed by atoms with Crippen molar-refractivity contribution >= 4 is 34.8 Å². The number of nitrogens with one attached hydrogen (secondary N) is 1. The summed E-state index contributed by atoms with van der Waals surface area (Å²) in [6.07, 6.45) is 0. The molecule has 1 atom stereocenters. The zero-order chi connectivity index (χ0) is 13.8. The van der Waals surface area contributed by atoms with Crippen LogP contribution in [0.1, 0.15) is 11.6 Å². The Labute approximate surface area is 121 Å². The molecule has 0 aliphatic carbocycles. The molecular formula is C14H12Cl2N2O. The van der Waals surface area contributed by atoms with Gasteiger partial charge in [0.1, 0.15) is 6.04 Å². The van der Waals surface area contributed by atoms with Crippen molar-refractivity contribution in [2.24, 2.45) is 5.73 Å². The molecule has 0 heterocycles. The average Bonchev–Trinajstić information content (AvgIpc) is 2.43. The van der Waals surface area contributed by atoms with Crippen LogP contribution in [0.15, 0.2) is 48.5 Å². The first-order valence-electron chi connectivity index (χ1n) is 5.64. The standard InChI is InChI=1S/C14H12Cl2N2O/c15-10-6-7-11(16)12(8-10)18-14(19)13(17)9-4-2-1-3-5-9/h1-8,13H,17H2,(H,18,19). The summed E-state index contributed by atoms with van der Waals surface area (Å²) in [6, 6.07) is 13.2. The van der Waals surface area contributed by atoms with Gasteiger partial charge in [-0.15, -0.1) is 0 Å². The Morgan fingerprint density at radius 1 is 1.11 bits per heavy atom. The maximum atomic E-state index is 12.0. The number of carbonyl (C=O) groups excluding carboxylic acids is 1. The maximum Gasteiger partial charge on any atom is 0.245 e. The van der Waals surface area contributed by atoms with E-state index in [1.807, 2.05) is 18.2 Å². The Bertz CT molecular complexity index is 587. The number of nitrogens with two attached hydrogens (primary N) is 1. The first-order valence-corrected chi connectivity index (χ1v) is 6.40. The average molecular weight is 295 g/mol.